The van der Waals surface area contributed by atoms with Crippen LogP contribution in [0.2, 0.25) is 0 Å². The van der Waals surface area contributed by atoms with Crippen LogP contribution < -0.4 is 4.74 Å². The first kappa shape index (κ1) is 13.5. The van der Waals surface area contributed by atoms with Crippen LogP contribution in [0.3, 0.4) is 0 Å². The number of nitro benzene ring substituents is 1. The third-order valence-corrected chi connectivity index (χ3v) is 2.58. The quantitative estimate of drug-likeness (QED) is 0.679. The molecular weight excluding hydrogens is 264 g/mol. The van der Waals surface area contributed by atoms with Gasteiger partial charge in [0.05, 0.1) is 16.6 Å². The highest BCUT2D eigenvalue weighted by molar-refractivity contribution is 5.87. The van der Waals surface area contributed by atoms with Crippen LogP contribution in [0.25, 0.3) is 0 Å². The number of rotatable bonds is 4. The Kier molecular flexibility index (Phi) is 3.60. The molecule has 0 aliphatic heterocycles. The summed E-state index contributed by atoms with van der Waals surface area (Å²) < 4.78 is 5.41. The molecule has 1 N–H and O–H groups in total. The number of aromatic carboxylic acids is 1. The number of carboxylic acids is 1. The van der Waals surface area contributed by atoms with Gasteiger partial charge in [0, 0.05) is 18.3 Å². The molecule has 2 rings (SSSR count). The minimum Gasteiger partial charge on any atom is -0.478 e. The number of hydrogen-bond acceptors (Lipinski definition) is 5. The van der Waals surface area contributed by atoms with Crippen molar-refractivity contribution in [2.45, 2.75) is 6.92 Å². The molecule has 1 aromatic carbocycles. The van der Waals surface area contributed by atoms with Crippen molar-refractivity contribution < 1.29 is 19.6 Å². The van der Waals surface area contributed by atoms with E-state index in [1.165, 1.54) is 30.5 Å². The molecule has 0 amide bonds. The van der Waals surface area contributed by atoms with Crippen LogP contribution in [0.5, 0.6) is 11.6 Å². The molecule has 0 aliphatic rings. The Bertz CT molecular complexity index is 684. The van der Waals surface area contributed by atoms with Gasteiger partial charge in [-0.05, 0) is 24.6 Å². The van der Waals surface area contributed by atoms with Crippen molar-refractivity contribution in [3.8, 4) is 11.6 Å². The number of carboxylic acid groups (broad SMARTS) is 1. The Morgan fingerprint density at radius 3 is 2.75 bits per heavy atom. The fourth-order valence-electron chi connectivity index (χ4n) is 1.52. The van der Waals surface area contributed by atoms with Gasteiger partial charge in [-0.2, -0.15) is 0 Å². The fraction of sp³-hybridized carbons (Fsp3) is 0.0769. The van der Waals surface area contributed by atoms with Gasteiger partial charge < -0.3 is 9.84 Å². The lowest BCUT2D eigenvalue weighted by atomic mass is 10.2. The molecule has 20 heavy (non-hydrogen) atoms. The number of hydrogen-bond donors (Lipinski definition) is 1. The van der Waals surface area contributed by atoms with Gasteiger partial charge in [0.2, 0.25) is 5.88 Å². The molecule has 0 spiro atoms. The highest BCUT2D eigenvalue weighted by atomic mass is 16.6. The lowest BCUT2D eigenvalue weighted by molar-refractivity contribution is -0.384. The number of aryl methyl sites for hydroxylation is 1. The van der Waals surface area contributed by atoms with Crippen molar-refractivity contribution in [1.29, 1.82) is 0 Å². The van der Waals surface area contributed by atoms with Gasteiger partial charge in [-0.25, -0.2) is 9.78 Å². The molecule has 0 bridgehead atoms. The van der Waals surface area contributed by atoms with E-state index in [0.29, 0.717) is 5.56 Å². The minimum atomic E-state index is -1.10. The average molecular weight is 274 g/mol. The predicted molar refractivity (Wildman–Crippen MR) is 69.1 cm³/mol. The maximum absolute atomic E-state index is 10.8. The zero-order valence-electron chi connectivity index (χ0n) is 10.4. The number of carbonyl (C=O) groups is 1. The Labute approximate surface area is 113 Å². The molecule has 7 nitrogen and oxygen atoms in total. The first-order chi connectivity index (χ1) is 9.47. The molecule has 0 aliphatic carbocycles. The number of non-ortho nitro benzene ring substituents is 1. The Hall–Kier alpha value is -2.96. The summed E-state index contributed by atoms with van der Waals surface area (Å²) in [5.74, 6) is -0.782. The lowest BCUT2D eigenvalue weighted by Crippen LogP contribution is -1.98. The summed E-state index contributed by atoms with van der Waals surface area (Å²) in [6.45, 7) is 1.72. The summed E-state index contributed by atoms with van der Waals surface area (Å²) in [6.07, 6.45) is 1.30. The zero-order valence-corrected chi connectivity index (χ0v) is 10.4. The Balaban J connectivity index is 2.34. The molecule has 0 saturated carbocycles. The molecule has 0 fully saturated rings. The summed E-state index contributed by atoms with van der Waals surface area (Å²) in [7, 11) is 0. The van der Waals surface area contributed by atoms with E-state index in [2.05, 4.69) is 4.98 Å². The van der Waals surface area contributed by atoms with Crippen LogP contribution >= 0.6 is 0 Å². The molecule has 2 aromatic rings. The standard InChI is InChI=1S/C13H10N2O5/c1-8-2-3-10(15(18)19)7-11(8)20-12-6-9(13(16)17)4-5-14-12/h2-7H,1H3,(H,16,17). The van der Waals surface area contributed by atoms with Gasteiger partial charge >= 0.3 is 5.97 Å². The smallest absolute Gasteiger partial charge is 0.335 e. The zero-order chi connectivity index (χ0) is 14.7. The van der Waals surface area contributed by atoms with Crippen LogP contribution in [0.15, 0.2) is 36.5 Å². The molecule has 7 heteroatoms. The van der Waals surface area contributed by atoms with E-state index in [9.17, 15) is 14.9 Å². The van der Waals surface area contributed by atoms with E-state index < -0.39 is 10.9 Å². The van der Waals surface area contributed by atoms with Crippen molar-refractivity contribution >= 4 is 11.7 Å². The molecule has 0 atom stereocenters. The third-order valence-electron chi connectivity index (χ3n) is 2.58. The highest BCUT2D eigenvalue weighted by Gasteiger charge is 2.12. The third kappa shape index (κ3) is 2.89. The molecule has 1 heterocycles. The summed E-state index contributed by atoms with van der Waals surface area (Å²) in [5, 5.41) is 19.6. The summed E-state index contributed by atoms with van der Waals surface area (Å²) in [5.41, 5.74) is 0.594. The fourth-order valence-corrected chi connectivity index (χ4v) is 1.52. The maximum atomic E-state index is 10.8. The number of pyridine rings is 1. The highest BCUT2D eigenvalue weighted by Crippen LogP contribution is 2.28. The molecule has 1 aromatic heterocycles. The van der Waals surface area contributed by atoms with Crippen molar-refractivity contribution in [2.75, 3.05) is 0 Å². The van der Waals surface area contributed by atoms with Crippen LogP contribution in [0.4, 0.5) is 5.69 Å². The number of benzene rings is 1. The topological polar surface area (TPSA) is 103 Å². The summed E-state index contributed by atoms with van der Waals surface area (Å²) in [6, 6.07) is 6.76. The van der Waals surface area contributed by atoms with Gasteiger partial charge in [-0.15, -0.1) is 0 Å². The number of aromatic nitrogens is 1. The molecule has 0 radical (unpaired) electrons. The molecule has 102 valence electrons. The Morgan fingerprint density at radius 1 is 1.35 bits per heavy atom. The van der Waals surface area contributed by atoms with E-state index in [1.54, 1.807) is 13.0 Å². The van der Waals surface area contributed by atoms with Gasteiger partial charge in [-0.1, -0.05) is 0 Å². The molecule has 0 unspecified atom stereocenters. The van der Waals surface area contributed by atoms with Crippen molar-refractivity contribution in [3.05, 3.63) is 57.8 Å². The van der Waals surface area contributed by atoms with Crippen LogP contribution in [0.1, 0.15) is 15.9 Å². The molecular formula is C13H10N2O5. The van der Waals surface area contributed by atoms with Gasteiger partial charge in [0.25, 0.3) is 5.69 Å². The van der Waals surface area contributed by atoms with Crippen molar-refractivity contribution in [1.82, 2.24) is 4.98 Å². The van der Waals surface area contributed by atoms with Gasteiger partial charge in [0.15, 0.2) is 0 Å². The number of nitro groups is 1. The minimum absolute atomic E-state index is 0.0260. The average Bonchev–Trinajstić information content (AvgIpc) is 2.41. The summed E-state index contributed by atoms with van der Waals surface area (Å²) in [4.78, 5) is 24.9. The molecule has 0 saturated heterocycles. The van der Waals surface area contributed by atoms with Gasteiger partial charge in [-0.3, -0.25) is 10.1 Å². The number of nitrogens with zero attached hydrogens (tertiary/aromatic N) is 2. The monoisotopic (exact) mass is 274 g/mol. The van der Waals surface area contributed by atoms with Crippen molar-refractivity contribution in [2.24, 2.45) is 0 Å². The van der Waals surface area contributed by atoms with Crippen LogP contribution in [0, 0.1) is 17.0 Å². The summed E-state index contributed by atoms with van der Waals surface area (Å²) >= 11 is 0. The normalized spacial score (nSPS) is 10.1. The van der Waals surface area contributed by atoms with Crippen molar-refractivity contribution in [3.63, 3.8) is 0 Å². The largest absolute Gasteiger partial charge is 0.478 e. The van der Waals surface area contributed by atoms with E-state index in [0.717, 1.165) is 0 Å². The second-order valence-electron chi connectivity index (χ2n) is 4.00. The number of ether oxygens (including phenoxy) is 1. The van der Waals surface area contributed by atoms with E-state index in [-0.39, 0.29) is 22.9 Å². The predicted octanol–water partition coefficient (Wildman–Crippen LogP) is 2.79. The van der Waals surface area contributed by atoms with E-state index in [1.807, 2.05) is 0 Å². The van der Waals surface area contributed by atoms with E-state index >= 15 is 0 Å². The maximum Gasteiger partial charge on any atom is 0.335 e. The lowest BCUT2D eigenvalue weighted by Gasteiger charge is -2.07. The first-order valence-electron chi connectivity index (χ1n) is 5.59. The second-order valence-corrected chi connectivity index (χ2v) is 4.00. The second kappa shape index (κ2) is 5.35. The van der Waals surface area contributed by atoms with Crippen LogP contribution in [-0.2, 0) is 0 Å². The first-order valence-corrected chi connectivity index (χ1v) is 5.59. The van der Waals surface area contributed by atoms with E-state index in [4.69, 9.17) is 9.84 Å². The van der Waals surface area contributed by atoms with Gasteiger partial charge in [0.1, 0.15) is 5.75 Å². The Morgan fingerprint density at radius 2 is 2.10 bits per heavy atom. The SMILES string of the molecule is Cc1ccc([N+](=O)[O-])cc1Oc1cc(C(=O)O)ccn1. The van der Waals surface area contributed by atoms with Crippen LogP contribution in [-0.4, -0.2) is 21.0 Å².